The second-order valence-electron chi connectivity index (χ2n) is 5.12. The Labute approximate surface area is 119 Å². The van der Waals surface area contributed by atoms with E-state index in [-0.39, 0.29) is 11.8 Å². The van der Waals surface area contributed by atoms with Gasteiger partial charge in [0, 0.05) is 31.6 Å². The number of nitrogens with two attached hydrogens (primary N) is 1. The first-order valence-electron chi connectivity index (χ1n) is 6.87. The topological polar surface area (TPSA) is 84.2 Å². The van der Waals surface area contributed by atoms with Gasteiger partial charge in [-0.15, -0.1) is 0 Å². The van der Waals surface area contributed by atoms with Crippen molar-refractivity contribution in [1.82, 2.24) is 10.6 Å². The number of carbonyl (C=O) groups is 2. The van der Waals surface area contributed by atoms with E-state index in [2.05, 4.69) is 10.6 Å². The minimum absolute atomic E-state index is 0.0461. The van der Waals surface area contributed by atoms with Crippen LogP contribution in [-0.4, -0.2) is 24.9 Å². The fourth-order valence-electron chi connectivity index (χ4n) is 1.71. The van der Waals surface area contributed by atoms with E-state index in [0.29, 0.717) is 37.5 Å². The molecule has 0 aromatic heterocycles. The van der Waals surface area contributed by atoms with Crippen LogP contribution in [-0.2, 0) is 11.3 Å². The van der Waals surface area contributed by atoms with Crippen LogP contribution in [0.5, 0.6) is 0 Å². The summed E-state index contributed by atoms with van der Waals surface area (Å²) in [6.45, 7) is 5.39. The minimum atomic E-state index is -0.133. The molecule has 20 heavy (non-hydrogen) atoms. The molecule has 0 saturated heterocycles. The first kappa shape index (κ1) is 16.2. The third kappa shape index (κ3) is 5.84. The van der Waals surface area contributed by atoms with Crippen molar-refractivity contribution in [3.8, 4) is 0 Å². The van der Waals surface area contributed by atoms with Crippen LogP contribution >= 0.6 is 0 Å². The second kappa shape index (κ2) is 8.32. The van der Waals surface area contributed by atoms with Crippen LogP contribution in [0.2, 0.25) is 0 Å². The third-order valence-corrected chi connectivity index (χ3v) is 2.73. The lowest BCUT2D eigenvalue weighted by Gasteiger charge is -2.08. The largest absolute Gasteiger partial charge is 0.352 e. The highest BCUT2D eigenvalue weighted by molar-refractivity contribution is 5.94. The monoisotopic (exact) mass is 277 g/mol. The maximum absolute atomic E-state index is 11.7. The molecule has 0 heterocycles. The van der Waals surface area contributed by atoms with Gasteiger partial charge in [-0.3, -0.25) is 9.59 Å². The molecule has 0 fully saturated rings. The zero-order valence-corrected chi connectivity index (χ0v) is 12.1. The Morgan fingerprint density at radius 3 is 2.35 bits per heavy atom. The van der Waals surface area contributed by atoms with Gasteiger partial charge in [0.15, 0.2) is 0 Å². The van der Waals surface area contributed by atoms with Crippen LogP contribution in [0, 0.1) is 5.92 Å². The maximum atomic E-state index is 11.7. The quantitative estimate of drug-likeness (QED) is 0.696. The summed E-state index contributed by atoms with van der Waals surface area (Å²) in [5, 5.41) is 5.56. The summed E-state index contributed by atoms with van der Waals surface area (Å²) in [6, 6.07) is 7.17. The van der Waals surface area contributed by atoms with E-state index in [0.717, 1.165) is 5.56 Å². The highest BCUT2D eigenvalue weighted by atomic mass is 16.2. The van der Waals surface area contributed by atoms with Gasteiger partial charge >= 0.3 is 0 Å². The van der Waals surface area contributed by atoms with E-state index >= 15 is 0 Å². The molecule has 0 aliphatic heterocycles. The van der Waals surface area contributed by atoms with Crippen molar-refractivity contribution in [1.29, 1.82) is 0 Å². The average Bonchev–Trinajstić information content (AvgIpc) is 2.42. The van der Waals surface area contributed by atoms with Gasteiger partial charge in [0.1, 0.15) is 0 Å². The Morgan fingerprint density at radius 1 is 1.15 bits per heavy atom. The highest BCUT2D eigenvalue weighted by Crippen LogP contribution is 2.05. The van der Waals surface area contributed by atoms with Crippen LogP contribution in [0.25, 0.3) is 0 Å². The first-order valence-corrected chi connectivity index (χ1v) is 6.87. The summed E-state index contributed by atoms with van der Waals surface area (Å²) in [4.78, 5) is 23.2. The molecule has 4 N–H and O–H groups in total. The molecule has 5 nitrogen and oxygen atoms in total. The summed E-state index contributed by atoms with van der Waals surface area (Å²) in [5.41, 5.74) is 6.89. The van der Waals surface area contributed by atoms with E-state index in [4.69, 9.17) is 5.73 Å². The molecule has 0 bridgehead atoms. The summed E-state index contributed by atoms with van der Waals surface area (Å²) in [7, 11) is 0. The lowest BCUT2D eigenvalue weighted by atomic mass is 10.1. The number of nitrogens with one attached hydrogen (secondary N) is 2. The molecule has 0 aliphatic rings. The van der Waals surface area contributed by atoms with E-state index < -0.39 is 0 Å². The lowest BCUT2D eigenvalue weighted by molar-refractivity contribution is -0.121. The number of benzene rings is 1. The molecule has 0 unspecified atom stereocenters. The van der Waals surface area contributed by atoms with Gasteiger partial charge in [0.05, 0.1) is 0 Å². The van der Waals surface area contributed by atoms with E-state index in [1.165, 1.54) is 0 Å². The Kier molecular flexibility index (Phi) is 6.73. The molecule has 5 heteroatoms. The maximum Gasteiger partial charge on any atom is 0.251 e. The van der Waals surface area contributed by atoms with Crippen LogP contribution in [0.15, 0.2) is 24.3 Å². The molecule has 1 aromatic carbocycles. The Bertz CT molecular complexity index is 441. The predicted molar refractivity (Wildman–Crippen MR) is 79.1 cm³/mol. The van der Waals surface area contributed by atoms with Crippen molar-refractivity contribution < 1.29 is 9.59 Å². The molecular formula is C15H23N3O2. The zero-order chi connectivity index (χ0) is 15.0. The second-order valence-corrected chi connectivity index (χ2v) is 5.12. The van der Waals surface area contributed by atoms with Crippen LogP contribution in [0.4, 0.5) is 0 Å². The normalized spacial score (nSPS) is 10.4. The summed E-state index contributed by atoms with van der Waals surface area (Å²) >= 11 is 0. The predicted octanol–water partition coefficient (Wildman–Crippen LogP) is 1.04. The van der Waals surface area contributed by atoms with Crippen molar-refractivity contribution in [2.45, 2.75) is 26.8 Å². The molecule has 0 spiro atoms. The molecule has 0 radical (unpaired) electrons. The Balaban J connectivity index is 2.46. The Hall–Kier alpha value is -1.88. The minimum Gasteiger partial charge on any atom is -0.352 e. The van der Waals surface area contributed by atoms with Gasteiger partial charge in [-0.05, 0) is 23.6 Å². The van der Waals surface area contributed by atoms with Crippen molar-refractivity contribution in [3.05, 3.63) is 35.4 Å². The lowest BCUT2D eigenvalue weighted by Crippen LogP contribution is -2.29. The van der Waals surface area contributed by atoms with E-state index in [1.54, 1.807) is 12.1 Å². The fraction of sp³-hybridized carbons (Fsp3) is 0.467. The average molecular weight is 277 g/mol. The summed E-state index contributed by atoms with van der Waals surface area (Å²) < 4.78 is 0. The van der Waals surface area contributed by atoms with Crippen LogP contribution in [0.1, 0.15) is 36.2 Å². The SMILES string of the molecule is CC(C)CC(=O)NCc1ccc(C(=O)NCCN)cc1. The van der Waals surface area contributed by atoms with Crippen molar-refractivity contribution in [3.63, 3.8) is 0 Å². The van der Waals surface area contributed by atoms with E-state index in [9.17, 15) is 9.59 Å². The van der Waals surface area contributed by atoms with Gasteiger partial charge in [0.25, 0.3) is 5.91 Å². The smallest absolute Gasteiger partial charge is 0.251 e. The summed E-state index contributed by atoms with van der Waals surface area (Å²) in [6.07, 6.45) is 0.527. The summed E-state index contributed by atoms with van der Waals surface area (Å²) in [5.74, 6) is 0.263. The molecule has 1 rings (SSSR count). The van der Waals surface area contributed by atoms with Gasteiger partial charge in [-0.25, -0.2) is 0 Å². The molecule has 1 aromatic rings. The van der Waals surface area contributed by atoms with Crippen molar-refractivity contribution in [2.24, 2.45) is 11.7 Å². The standard InChI is InChI=1S/C15H23N3O2/c1-11(2)9-14(19)18-10-12-3-5-13(6-4-12)15(20)17-8-7-16/h3-6,11H,7-10,16H2,1-2H3,(H,17,20)(H,18,19). The van der Waals surface area contributed by atoms with Crippen LogP contribution < -0.4 is 16.4 Å². The van der Waals surface area contributed by atoms with Gasteiger partial charge in [-0.1, -0.05) is 26.0 Å². The Morgan fingerprint density at radius 2 is 1.80 bits per heavy atom. The number of hydrogen-bond acceptors (Lipinski definition) is 3. The molecule has 2 amide bonds. The van der Waals surface area contributed by atoms with Gasteiger partial charge in [0.2, 0.25) is 5.91 Å². The number of rotatable bonds is 7. The fourth-order valence-corrected chi connectivity index (χ4v) is 1.71. The van der Waals surface area contributed by atoms with E-state index in [1.807, 2.05) is 26.0 Å². The number of hydrogen-bond donors (Lipinski definition) is 3. The molecular weight excluding hydrogens is 254 g/mol. The third-order valence-electron chi connectivity index (χ3n) is 2.73. The highest BCUT2D eigenvalue weighted by Gasteiger charge is 2.06. The van der Waals surface area contributed by atoms with Crippen molar-refractivity contribution >= 4 is 11.8 Å². The molecule has 0 atom stereocenters. The number of carbonyl (C=O) groups excluding carboxylic acids is 2. The molecule has 0 saturated carbocycles. The van der Waals surface area contributed by atoms with Gasteiger partial charge < -0.3 is 16.4 Å². The zero-order valence-electron chi connectivity index (χ0n) is 12.1. The van der Waals surface area contributed by atoms with Gasteiger partial charge in [-0.2, -0.15) is 0 Å². The van der Waals surface area contributed by atoms with Crippen LogP contribution in [0.3, 0.4) is 0 Å². The number of amides is 2. The first-order chi connectivity index (χ1) is 9.52. The molecule has 0 aliphatic carbocycles. The van der Waals surface area contributed by atoms with Crippen molar-refractivity contribution in [2.75, 3.05) is 13.1 Å². The molecule has 110 valence electrons.